The maximum Gasteiger partial charge on any atom is 0.225 e. The Morgan fingerprint density at radius 3 is 2.04 bits per heavy atom. The Labute approximate surface area is 157 Å². The van der Waals surface area contributed by atoms with Gasteiger partial charge in [0.25, 0.3) is 0 Å². The lowest BCUT2D eigenvalue weighted by Crippen LogP contribution is -2.46. The number of hydrogen-bond acceptors (Lipinski definition) is 3. The molecular formula is C19H34ClN3O2. The first-order chi connectivity index (χ1) is 11.7. The predicted molar refractivity (Wildman–Crippen MR) is 101 cm³/mol. The van der Waals surface area contributed by atoms with E-state index in [0.29, 0.717) is 11.8 Å². The van der Waals surface area contributed by atoms with E-state index < -0.39 is 0 Å². The second-order valence-corrected chi connectivity index (χ2v) is 8.04. The average Bonchev–Trinajstić information content (AvgIpc) is 3.17. The highest BCUT2D eigenvalue weighted by molar-refractivity contribution is 5.85. The maximum absolute atomic E-state index is 12.7. The summed E-state index contributed by atoms with van der Waals surface area (Å²) >= 11 is 0. The topological polar surface area (TPSA) is 75.4 Å². The minimum absolute atomic E-state index is 0. The van der Waals surface area contributed by atoms with E-state index in [2.05, 4.69) is 5.32 Å². The van der Waals surface area contributed by atoms with Crippen LogP contribution in [0.25, 0.3) is 0 Å². The van der Waals surface area contributed by atoms with Crippen molar-refractivity contribution < 1.29 is 9.59 Å². The van der Waals surface area contributed by atoms with Crippen molar-refractivity contribution >= 4 is 24.2 Å². The van der Waals surface area contributed by atoms with E-state index in [1.807, 2.05) is 4.90 Å². The molecule has 6 heteroatoms. The number of carbonyl (C=O) groups is 2. The summed E-state index contributed by atoms with van der Waals surface area (Å²) in [5.41, 5.74) is 5.73. The largest absolute Gasteiger partial charge is 0.353 e. The normalized spacial score (nSPS) is 28.4. The molecule has 0 bridgehead atoms. The van der Waals surface area contributed by atoms with Crippen molar-refractivity contribution in [2.45, 2.75) is 70.3 Å². The van der Waals surface area contributed by atoms with Crippen LogP contribution in [0, 0.1) is 17.8 Å². The third kappa shape index (κ3) is 5.33. The molecule has 144 valence electrons. The smallest absolute Gasteiger partial charge is 0.225 e. The van der Waals surface area contributed by atoms with Gasteiger partial charge in [0, 0.05) is 31.0 Å². The van der Waals surface area contributed by atoms with Crippen LogP contribution in [-0.2, 0) is 9.59 Å². The van der Waals surface area contributed by atoms with Gasteiger partial charge in [0.15, 0.2) is 0 Å². The Morgan fingerprint density at radius 2 is 1.48 bits per heavy atom. The Kier molecular flexibility index (Phi) is 8.01. The highest BCUT2D eigenvalue weighted by Crippen LogP contribution is 2.29. The lowest BCUT2D eigenvalue weighted by Gasteiger charge is -2.36. The first-order valence-electron chi connectivity index (χ1n) is 9.96. The Hall–Kier alpha value is -0.810. The van der Waals surface area contributed by atoms with Crippen LogP contribution >= 0.6 is 12.4 Å². The van der Waals surface area contributed by atoms with Crippen LogP contribution in [0.3, 0.4) is 0 Å². The fraction of sp³-hybridized carbons (Fsp3) is 0.895. The van der Waals surface area contributed by atoms with E-state index in [9.17, 15) is 9.59 Å². The summed E-state index contributed by atoms with van der Waals surface area (Å²) in [7, 11) is 0. The second kappa shape index (κ2) is 9.77. The first kappa shape index (κ1) is 20.5. The van der Waals surface area contributed by atoms with E-state index in [-0.39, 0.29) is 36.2 Å². The SMILES string of the molecule is Cl.NCC1CCN(C(=O)C2CCC(NC(=O)C3CCCC3)CC2)CC1. The number of nitrogens with one attached hydrogen (secondary N) is 1. The number of hydrogen-bond donors (Lipinski definition) is 2. The maximum atomic E-state index is 12.7. The fourth-order valence-corrected chi connectivity index (χ4v) is 4.64. The summed E-state index contributed by atoms with van der Waals surface area (Å²) in [4.78, 5) is 27.0. The number of halogens is 1. The van der Waals surface area contributed by atoms with Crippen LogP contribution in [0.15, 0.2) is 0 Å². The molecule has 2 amide bonds. The molecule has 3 aliphatic rings. The Bertz CT molecular complexity index is 438. The molecule has 2 aliphatic carbocycles. The van der Waals surface area contributed by atoms with Gasteiger partial charge in [0.05, 0.1) is 0 Å². The summed E-state index contributed by atoms with van der Waals surface area (Å²) in [6.07, 6.45) is 10.3. The predicted octanol–water partition coefficient (Wildman–Crippen LogP) is 2.47. The van der Waals surface area contributed by atoms with Crippen LogP contribution in [0.5, 0.6) is 0 Å². The molecule has 0 radical (unpaired) electrons. The Balaban J connectivity index is 0.00000225. The third-order valence-electron chi connectivity index (χ3n) is 6.41. The average molecular weight is 372 g/mol. The van der Waals surface area contributed by atoms with Gasteiger partial charge in [-0.2, -0.15) is 0 Å². The molecule has 0 unspecified atom stereocenters. The molecule has 0 aromatic heterocycles. The second-order valence-electron chi connectivity index (χ2n) is 8.04. The number of nitrogens with zero attached hydrogens (tertiary/aromatic N) is 1. The first-order valence-corrected chi connectivity index (χ1v) is 9.96. The fourth-order valence-electron chi connectivity index (χ4n) is 4.64. The summed E-state index contributed by atoms with van der Waals surface area (Å²) < 4.78 is 0. The van der Waals surface area contributed by atoms with Gasteiger partial charge < -0.3 is 16.0 Å². The van der Waals surface area contributed by atoms with Crippen LogP contribution < -0.4 is 11.1 Å². The van der Waals surface area contributed by atoms with Crippen LogP contribution in [0.4, 0.5) is 0 Å². The molecule has 0 spiro atoms. The van der Waals surface area contributed by atoms with Gasteiger partial charge in [-0.05, 0) is 63.8 Å². The molecule has 0 aromatic carbocycles. The highest BCUT2D eigenvalue weighted by Gasteiger charge is 2.32. The van der Waals surface area contributed by atoms with E-state index in [4.69, 9.17) is 5.73 Å². The number of amides is 2. The molecule has 1 saturated heterocycles. The summed E-state index contributed by atoms with van der Waals surface area (Å²) in [6, 6.07) is 0.283. The number of nitrogens with two attached hydrogens (primary N) is 1. The molecule has 0 aromatic rings. The summed E-state index contributed by atoms with van der Waals surface area (Å²) in [5.74, 6) is 1.60. The summed E-state index contributed by atoms with van der Waals surface area (Å²) in [5, 5.41) is 3.24. The molecule has 5 nitrogen and oxygen atoms in total. The quantitative estimate of drug-likeness (QED) is 0.797. The minimum Gasteiger partial charge on any atom is -0.353 e. The van der Waals surface area contributed by atoms with Gasteiger partial charge in [-0.3, -0.25) is 9.59 Å². The van der Waals surface area contributed by atoms with E-state index in [0.717, 1.165) is 71.0 Å². The summed E-state index contributed by atoms with van der Waals surface area (Å²) in [6.45, 7) is 2.49. The van der Waals surface area contributed by atoms with Gasteiger partial charge in [0.2, 0.25) is 11.8 Å². The van der Waals surface area contributed by atoms with Crippen molar-refractivity contribution in [1.82, 2.24) is 10.2 Å². The van der Waals surface area contributed by atoms with Gasteiger partial charge in [0.1, 0.15) is 0 Å². The molecule has 3 rings (SSSR count). The molecule has 1 heterocycles. The van der Waals surface area contributed by atoms with Crippen molar-refractivity contribution in [3.63, 3.8) is 0 Å². The minimum atomic E-state index is 0. The monoisotopic (exact) mass is 371 g/mol. The highest BCUT2D eigenvalue weighted by atomic mass is 35.5. The van der Waals surface area contributed by atoms with Crippen molar-refractivity contribution in [3.8, 4) is 0 Å². The lowest BCUT2D eigenvalue weighted by molar-refractivity contribution is -0.138. The number of rotatable bonds is 4. The molecule has 1 aliphatic heterocycles. The zero-order valence-electron chi connectivity index (χ0n) is 15.3. The number of likely N-dealkylation sites (tertiary alicyclic amines) is 1. The van der Waals surface area contributed by atoms with E-state index >= 15 is 0 Å². The van der Waals surface area contributed by atoms with Crippen LogP contribution in [-0.4, -0.2) is 42.4 Å². The van der Waals surface area contributed by atoms with Gasteiger partial charge in [-0.15, -0.1) is 12.4 Å². The van der Waals surface area contributed by atoms with Crippen molar-refractivity contribution in [3.05, 3.63) is 0 Å². The van der Waals surface area contributed by atoms with E-state index in [1.165, 1.54) is 12.8 Å². The van der Waals surface area contributed by atoms with Gasteiger partial charge in [-0.1, -0.05) is 12.8 Å². The molecular weight excluding hydrogens is 338 g/mol. The van der Waals surface area contributed by atoms with Crippen molar-refractivity contribution in [2.24, 2.45) is 23.5 Å². The molecule has 0 atom stereocenters. The van der Waals surface area contributed by atoms with Crippen molar-refractivity contribution in [1.29, 1.82) is 0 Å². The third-order valence-corrected chi connectivity index (χ3v) is 6.41. The molecule has 3 N–H and O–H groups in total. The standard InChI is InChI=1S/C19H33N3O2.ClH/c20-13-14-9-11-22(12-10-14)19(24)16-5-7-17(8-6-16)21-18(23)15-3-1-2-4-15;/h14-17H,1-13,20H2,(H,21,23);1H. The Morgan fingerprint density at radius 1 is 0.880 bits per heavy atom. The van der Waals surface area contributed by atoms with Crippen molar-refractivity contribution in [2.75, 3.05) is 19.6 Å². The molecule has 2 saturated carbocycles. The molecule has 3 fully saturated rings. The van der Waals surface area contributed by atoms with Crippen LogP contribution in [0.1, 0.15) is 64.2 Å². The zero-order valence-corrected chi connectivity index (χ0v) is 16.1. The van der Waals surface area contributed by atoms with Gasteiger partial charge in [-0.25, -0.2) is 0 Å². The molecule has 25 heavy (non-hydrogen) atoms. The lowest BCUT2D eigenvalue weighted by atomic mass is 9.84. The van der Waals surface area contributed by atoms with Crippen LogP contribution in [0.2, 0.25) is 0 Å². The van der Waals surface area contributed by atoms with Gasteiger partial charge >= 0.3 is 0 Å². The zero-order chi connectivity index (χ0) is 16.9. The number of piperidine rings is 1. The number of carbonyl (C=O) groups excluding carboxylic acids is 2. The van der Waals surface area contributed by atoms with E-state index in [1.54, 1.807) is 0 Å².